The van der Waals surface area contributed by atoms with Crippen LogP contribution >= 0.6 is 0 Å². The molecule has 1 N–H and O–H groups in total. The van der Waals surface area contributed by atoms with Crippen molar-refractivity contribution in [1.29, 1.82) is 0 Å². The maximum atomic E-state index is 5.62. The van der Waals surface area contributed by atoms with Gasteiger partial charge in [-0.1, -0.05) is 24.3 Å². The van der Waals surface area contributed by atoms with Crippen molar-refractivity contribution in [2.24, 2.45) is 0 Å². The fourth-order valence-corrected chi connectivity index (χ4v) is 2.83. The Bertz CT molecular complexity index is 402. The molecule has 2 fully saturated rings. The summed E-state index contributed by atoms with van der Waals surface area (Å²) in [6, 6.07) is 9.05. The van der Waals surface area contributed by atoms with Crippen molar-refractivity contribution in [2.75, 3.05) is 13.7 Å². The van der Waals surface area contributed by atoms with Gasteiger partial charge in [0.05, 0.1) is 5.60 Å². The third kappa shape index (κ3) is 2.60. The molecule has 0 spiro atoms. The molecular formula is C16H23NO. The summed E-state index contributed by atoms with van der Waals surface area (Å²) in [6.07, 6.45) is 6.48. The van der Waals surface area contributed by atoms with Gasteiger partial charge in [0.15, 0.2) is 0 Å². The summed E-state index contributed by atoms with van der Waals surface area (Å²) in [4.78, 5) is 0. The summed E-state index contributed by atoms with van der Waals surface area (Å²) >= 11 is 0. The first-order valence-corrected chi connectivity index (χ1v) is 7.16. The van der Waals surface area contributed by atoms with Gasteiger partial charge in [0, 0.05) is 20.2 Å². The first kappa shape index (κ1) is 12.2. The van der Waals surface area contributed by atoms with Crippen LogP contribution in [0.15, 0.2) is 24.3 Å². The van der Waals surface area contributed by atoms with E-state index in [-0.39, 0.29) is 5.60 Å². The van der Waals surface area contributed by atoms with Crippen LogP contribution in [-0.2, 0) is 11.3 Å². The Hall–Kier alpha value is -0.860. The fraction of sp³-hybridized carbons (Fsp3) is 0.625. The molecule has 2 aliphatic carbocycles. The van der Waals surface area contributed by atoms with Crippen LogP contribution in [0.1, 0.15) is 49.1 Å². The molecule has 18 heavy (non-hydrogen) atoms. The molecule has 2 aliphatic rings. The third-order valence-electron chi connectivity index (χ3n) is 4.47. The second kappa shape index (κ2) is 5.02. The number of ether oxygens (including phenoxy) is 1. The zero-order valence-electron chi connectivity index (χ0n) is 11.2. The first-order chi connectivity index (χ1) is 8.81. The van der Waals surface area contributed by atoms with Crippen LogP contribution in [0.25, 0.3) is 0 Å². The zero-order chi connectivity index (χ0) is 12.4. The Morgan fingerprint density at radius 3 is 2.78 bits per heavy atom. The standard InChI is InChI=1S/C16H23NO/c1-18-16(8-3-9-16)12-17-11-13-4-2-5-15(10-13)14-6-7-14/h2,4-5,10,14,17H,3,6-9,11-12H2,1H3. The Labute approximate surface area is 110 Å². The van der Waals surface area contributed by atoms with Crippen LogP contribution in [-0.4, -0.2) is 19.3 Å². The molecule has 0 saturated heterocycles. The maximum absolute atomic E-state index is 5.62. The molecule has 0 atom stereocenters. The normalized spacial score (nSPS) is 21.6. The minimum atomic E-state index is 0.133. The van der Waals surface area contributed by atoms with Gasteiger partial charge < -0.3 is 10.1 Å². The van der Waals surface area contributed by atoms with Gasteiger partial charge in [-0.05, 0) is 49.1 Å². The van der Waals surface area contributed by atoms with E-state index in [4.69, 9.17) is 4.74 Å². The van der Waals surface area contributed by atoms with Crippen molar-refractivity contribution in [3.63, 3.8) is 0 Å². The highest BCUT2D eigenvalue weighted by atomic mass is 16.5. The summed E-state index contributed by atoms with van der Waals surface area (Å²) in [6.45, 7) is 1.95. The summed E-state index contributed by atoms with van der Waals surface area (Å²) in [5.41, 5.74) is 3.07. The molecule has 2 nitrogen and oxygen atoms in total. The summed E-state index contributed by atoms with van der Waals surface area (Å²) in [7, 11) is 1.84. The van der Waals surface area contributed by atoms with Crippen molar-refractivity contribution < 1.29 is 4.74 Å². The van der Waals surface area contributed by atoms with Crippen LogP contribution < -0.4 is 5.32 Å². The number of nitrogens with one attached hydrogen (secondary N) is 1. The number of benzene rings is 1. The lowest BCUT2D eigenvalue weighted by Crippen LogP contribution is -2.47. The van der Waals surface area contributed by atoms with Gasteiger partial charge in [0.25, 0.3) is 0 Å². The van der Waals surface area contributed by atoms with Gasteiger partial charge in [-0.3, -0.25) is 0 Å². The molecule has 2 heteroatoms. The van der Waals surface area contributed by atoms with Crippen LogP contribution in [0.4, 0.5) is 0 Å². The quantitative estimate of drug-likeness (QED) is 0.831. The van der Waals surface area contributed by atoms with Gasteiger partial charge >= 0.3 is 0 Å². The Morgan fingerprint density at radius 2 is 2.17 bits per heavy atom. The van der Waals surface area contributed by atoms with Gasteiger partial charge in [-0.25, -0.2) is 0 Å². The zero-order valence-corrected chi connectivity index (χ0v) is 11.2. The van der Waals surface area contributed by atoms with E-state index in [0.717, 1.165) is 19.0 Å². The predicted octanol–water partition coefficient (Wildman–Crippen LogP) is 3.22. The number of methoxy groups -OCH3 is 1. The monoisotopic (exact) mass is 245 g/mol. The van der Waals surface area contributed by atoms with Gasteiger partial charge in [0.2, 0.25) is 0 Å². The van der Waals surface area contributed by atoms with Crippen molar-refractivity contribution in [1.82, 2.24) is 5.32 Å². The highest BCUT2D eigenvalue weighted by Crippen LogP contribution is 2.40. The first-order valence-electron chi connectivity index (χ1n) is 7.16. The van der Waals surface area contributed by atoms with Crippen LogP contribution in [0.5, 0.6) is 0 Å². The molecule has 0 unspecified atom stereocenters. The van der Waals surface area contributed by atoms with E-state index in [2.05, 4.69) is 29.6 Å². The van der Waals surface area contributed by atoms with E-state index in [9.17, 15) is 0 Å². The summed E-state index contributed by atoms with van der Waals surface area (Å²) < 4.78 is 5.62. The number of hydrogen-bond acceptors (Lipinski definition) is 2. The van der Waals surface area contributed by atoms with E-state index in [1.54, 1.807) is 0 Å². The lowest BCUT2D eigenvalue weighted by molar-refractivity contribution is -0.0695. The van der Waals surface area contributed by atoms with E-state index in [0.29, 0.717) is 0 Å². The van der Waals surface area contributed by atoms with Gasteiger partial charge in [-0.15, -0.1) is 0 Å². The smallest absolute Gasteiger partial charge is 0.0802 e. The Morgan fingerprint density at radius 1 is 1.33 bits per heavy atom. The van der Waals surface area contributed by atoms with Crippen LogP contribution in [0.3, 0.4) is 0 Å². The SMILES string of the molecule is COC1(CNCc2cccc(C3CC3)c2)CCC1. The van der Waals surface area contributed by atoms with Crippen molar-refractivity contribution in [2.45, 2.75) is 50.2 Å². The summed E-state index contributed by atoms with van der Waals surface area (Å²) in [5, 5.41) is 3.56. The molecule has 0 aromatic heterocycles. The second-order valence-corrected chi connectivity index (χ2v) is 5.86. The molecule has 98 valence electrons. The molecule has 2 saturated carbocycles. The Kier molecular flexibility index (Phi) is 3.40. The fourth-order valence-electron chi connectivity index (χ4n) is 2.83. The van der Waals surface area contributed by atoms with E-state index in [1.807, 2.05) is 7.11 Å². The van der Waals surface area contributed by atoms with E-state index >= 15 is 0 Å². The van der Waals surface area contributed by atoms with E-state index < -0.39 is 0 Å². The molecule has 0 aliphatic heterocycles. The van der Waals surface area contributed by atoms with Crippen molar-refractivity contribution >= 4 is 0 Å². The second-order valence-electron chi connectivity index (χ2n) is 5.86. The minimum Gasteiger partial charge on any atom is -0.377 e. The maximum Gasteiger partial charge on any atom is 0.0802 e. The van der Waals surface area contributed by atoms with Gasteiger partial charge in [-0.2, -0.15) is 0 Å². The third-order valence-corrected chi connectivity index (χ3v) is 4.47. The minimum absolute atomic E-state index is 0.133. The molecule has 0 amide bonds. The molecule has 1 aromatic carbocycles. The number of rotatable bonds is 6. The van der Waals surface area contributed by atoms with Crippen LogP contribution in [0.2, 0.25) is 0 Å². The average Bonchev–Trinajstić information content (AvgIpc) is 3.17. The molecule has 0 radical (unpaired) electrons. The highest BCUT2D eigenvalue weighted by Gasteiger charge is 2.36. The predicted molar refractivity (Wildman–Crippen MR) is 73.7 cm³/mol. The molecule has 0 heterocycles. The average molecular weight is 245 g/mol. The highest BCUT2D eigenvalue weighted by molar-refractivity contribution is 5.29. The van der Waals surface area contributed by atoms with Crippen molar-refractivity contribution in [3.05, 3.63) is 35.4 Å². The van der Waals surface area contributed by atoms with Crippen LogP contribution in [0, 0.1) is 0 Å². The lowest BCUT2D eigenvalue weighted by Gasteiger charge is -2.40. The topological polar surface area (TPSA) is 21.3 Å². The molecule has 0 bridgehead atoms. The number of hydrogen-bond donors (Lipinski definition) is 1. The summed E-state index contributed by atoms with van der Waals surface area (Å²) in [5.74, 6) is 0.849. The Balaban J connectivity index is 1.51. The lowest BCUT2D eigenvalue weighted by atomic mass is 9.80. The molecule has 1 aromatic rings. The van der Waals surface area contributed by atoms with Gasteiger partial charge in [0.1, 0.15) is 0 Å². The van der Waals surface area contributed by atoms with E-state index in [1.165, 1.54) is 43.2 Å². The molecular weight excluding hydrogens is 222 g/mol. The largest absolute Gasteiger partial charge is 0.377 e. The molecule has 3 rings (SSSR count). The van der Waals surface area contributed by atoms with Crippen molar-refractivity contribution in [3.8, 4) is 0 Å².